The van der Waals surface area contributed by atoms with Crippen LogP contribution in [0.25, 0.3) is 0 Å². The summed E-state index contributed by atoms with van der Waals surface area (Å²) in [5.74, 6) is 1.20. The molecule has 5 nitrogen and oxygen atoms in total. The van der Waals surface area contributed by atoms with Gasteiger partial charge in [-0.2, -0.15) is 4.98 Å². The summed E-state index contributed by atoms with van der Waals surface area (Å²) in [5, 5.41) is 3.26. The van der Waals surface area contributed by atoms with Crippen LogP contribution in [0.3, 0.4) is 0 Å². The van der Waals surface area contributed by atoms with Crippen LogP contribution in [-0.4, -0.2) is 35.3 Å². The van der Waals surface area contributed by atoms with Crippen LogP contribution in [-0.2, 0) is 4.74 Å². The summed E-state index contributed by atoms with van der Waals surface area (Å²) < 4.78 is 10.9. The molecule has 2 atom stereocenters. The highest BCUT2D eigenvalue weighted by Gasteiger charge is 2.22. The van der Waals surface area contributed by atoms with Crippen LogP contribution in [0.4, 0.5) is 5.95 Å². The molecule has 1 aliphatic rings. The van der Waals surface area contributed by atoms with E-state index in [-0.39, 0.29) is 12.1 Å². The lowest BCUT2D eigenvalue weighted by molar-refractivity contribution is 0.0994. The highest BCUT2D eigenvalue weighted by atomic mass is 16.5. The third kappa shape index (κ3) is 3.30. The monoisotopic (exact) mass is 237 g/mol. The van der Waals surface area contributed by atoms with Crippen LogP contribution >= 0.6 is 0 Å². The second-order valence-electron chi connectivity index (χ2n) is 4.14. The second kappa shape index (κ2) is 5.82. The summed E-state index contributed by atoms with van der Waals surface area (Å²) in [6, 6.07) is 1.97. The van der Waals surface area contributed by atoms with Gasteiger partial charge in [-0.05, 0) is 26.7 Å². The molecule has 0 saturated carbocycles. The molecule has 0 amide bonds. The van der Waals surface area contributed by atoms with Crippen molar-refractivity contribution in [2.45, 2.75) is 38.8 Å². The van der Waals surface area contributed by atoms with E-state index in [4.69, 9.17) is 9.47 Å². The maximum absolute atomic E-state index is 5.62. The zero-order valence-corrected chi connectivity index (χ0v) is 10.3. The zero-order chi connectivity index (χ0) is 12.1. The Hall–Kier alpha value is -1.36. The van der Waals surface area contributed by atoms with Crippen LogP contribution in [0.2, 0.25) is 0 Å². The van der Waals surface area contributed by atoms with E-state index in [1.165, 1.54) is 0 Å². The van der Waals surface area contributed by atoms with Gasteiger partial charge in [-0.15, -0.1) is 0 Å². The minimum absolute atomic E-state index is 0.217. The van der Waals surface area contributed by atoms with Crippen molar-refractivity contribution in [2.75, 3.05) is 18.5 Å². The first-order valence-electron chi connectivity index (χ1n) is 6.13. The van der Waals surface area contributed by atoms with E-state index in [0.29, 0.717) is 18.4 Å². The van der Waals surface area contributed by atoms with E-state index in [1.807, 2.05) is 6.92 Å². The van der Waals surface area contributed by atoms with Crippen molar-refractivity contribution in [2.24, 2.45) is 0 Å². The lowest BCUT2D eigenvalue weighted by atomic mass is 10.1. The molecule has 0 bridgehead atoms. The van der Waals surface area contributed by atoms with E-state index >= 15 is 0 Å². The van der Waals surface area contributed by atoms with Gasteiger partial charge in [-0.3, -0.25) is 0 Å². The van der Waals surface area contributed by atoms with Gasteiger partial charge in [0.15, 0.2) is 0 Å². The number of ether oxygens (including phenoxy) is 2. The second-order valence-corrected chi connectivity index (χ2v) is 4.14. The van der Waals surface area contributed by atoms with Crippen LogP contribution in [0.15, 0.2) is 12.3 Å². The van der Waals surface area contributed by atoms with Crippen molar-refractivity contribution in [1.29, 1.82) is 0 Å². The number of rotatable bonds is 5. The first-order valence-corrected chi connectivity index (χ1v) is 6.13. The molecule has 1 saturated heterocycles. The molecular formula is C12H19N3O2. The minimum Gasteiger partial charge on any atom is -0.478 e. The zero-order valence-electron chi connectivity index (χ0n) is 10.3. The average Bonchev–Trinajstić information content (AvgIpc) is 2.83. The number of hydrogen-bond acceptors (Lipinski definition) is 5. The van der Waals surface area contributed by atoms with Gasteiger partial charge in [-0.25, -0.2) is 4.98 Å². The van der Waals surface area contributed by atoms with Crippen LogP contribution in [0.1, 0.15) is 26.7 Å². The van der Waals surface area contributed by atoms with E-state index in [2.05, 4.69) is 22.2 Å². The quantitative estimate of drug-likeness (QED) is 0.847. The summed E-state index contributed by atoms with van der Waals surface area (Å²) in [5.41, 5.74) is 0. The summed E-state index contributed by atoms with van der Waals surface area (Å²) in [6.45, 7) is 5.49. The fourth-order valence-electron chi connectivity index (χ4n) is 1.93. The van der Waals surface area contributed by atoms with Gasteiger partial charge in [0.25, 0.3) is 0 Å². The normalized spacial score (nSPS) is 21.2. The molecule has 0 aromatic carbocycles. The highest BCUT2D eigenvalue weighted by molar-refractivity contribution is 5.29. The molecule has 2 heterocycles. The van der Waals surface area contributed by atoms with E-state index in [1.54, 1.807) is 12.3 Å². The Morgan fingerprint density at radius 2 is 2.53 bits per heavy atom. The Bertz CT molecular complexity index is 353. The van der Waals surface area contributed by atoms with Gasteiger partial charge in [0.1, 0.15) is 0 Å². The highest BCUT2D eigenvalue weighted by Crippen LogP contribution is 2.18. The third-order valence-electron chi connectivity index (χ3n) is 2.80. The molecule has 2 unspecified atom stereocenters. The summed E-state index contributed by atoms with van der Waals surface area (Å²) in [6.07, 6.45) is 4.19. The van der Waals surface area contributed by atoms with Crippen molar-refractivity contribution in [1.82, 2.24) is 9.97 Å². The molecule has 1 N–H and O–H groups in total. The van der Waals surface area contributed by atoms with Crippen LogP contribution < -0.4 is 10.1 Å². The SMILES string of the molecule is CCOc1ccnc(NC(C)C2CCCO2)n1. The molecule has 17 heavy (non-hydrogen) atoms. The smallest absolute Gasteiger partial charge is 0.226 e. The maximum atomic E-state index is 5.62. The standard InChI is InChI=1S/C12H19N3O2/c1-3-16-11-6-7-13-12(15-11)14-9(2)10-5-4-8-17-10/h6-7,9-10H,3-5,8H2,1-2H3,(H,13,14,15). The topological polar surface area (TPSA) is 56.3 Å². The summed E-state index contributed by atoms with van der Waals surface area (Å²) >= 11 is 0. The molecular weight excluding hydrogens is 218 g/mol. The number of aromatic nitrogens is 2. The number of nitrogens with zero attached hydrogens (tertiary/aromatic N) is 2. The maximum Gasteiger partial charge on any atom is 0.226 e. The van der Waals surface area contributed by atoms with Crippen molar-refractivity contribution in [3.05, 3.63) is 12.3 Å². The molecule has 0 aliphatic carbocycles. The first kappa shape index (κ1) is 12.1. The minimum atomic E-state index is 0.217. The van der Waals surface area contributed by atoms with E-state index < -0.39 is 0 Å². The van der Waals surface area contributed by atoms with Gasteiger partial charge < -0.3 is 14.8 Å². The van der Waals surface area contributed by atoms with Crippen molar-refractivity contribution in [3.8, 4) is 5.88 Å². The fraction of sp³-hybridized carbons (Fsp3) is 0.667. The molecule has 94 valence electrons. The molecule has 1 fully saturated rings. The Kier molecular flexibility index (Phi) is 4.14. The fourth-order valence-corrected chi connectivity index (χ4v) is 1.93. The Morgan fingerprint density at radius 1 is 1.65 bits per heavy atom. The summed E-state index contributed by atoms with van der Waals surface area (Å²) in [4.78, 5) is 8.45. The first-order chi connectivity index (χ1) is 8.29. The van der Waals surface area contributed by atoms with Gasteiger partial charge in [0, 0.05) is 18.9 Å². The van der Waals surface area contributed by atoms with Gasteiger partial charge in [-0.1, -0.05) is 0 Å². The lowest BCUT2D eigenvalue weighted by Gasteiger charge is -2.19. The molecule has 1 aromatic rings. The van der Waals surface area contributed by atoms with E-state index in [0.717, 1.165) is 19.4 Å². The van der Waals surface area contributed by atoms with Crippen molar-refractivity contribution < 1.29 is 9.47 Å². The van der Waals surface area contributed by atoms with Crippen LogP contribution in [0, 0.1) is 0 Å². The van der Waals surface area contributed by atoms with Crippen molar-refractivity contribution in [3.63, 3.8) is 0 Å². The lowest BCUT2D eigenvalue weighted by Crippen LogP contribution is -2.30. The molecule has 0 radical (unpaired) electrons. The van der Waals surface area contributed by atoms with Gasteiger partial charge in [0.2, 0.25) is 11.8 Å². The Labute approximate surface area is 102 Å². The van der Waals surface area contributed by atoms with E-state index in [9.17, 15) is 0 Å². The Balaban J connectivity index is 1.94. The average molecular weight is 237 g/mol. The van der Waals surface area contributed by atoms with Crippen LogP contribution in [0.5, 0.6) is 5.88 Å². The molecule has 0 spiro atoms. The number of hydrogen-bond donors (Lipinski definition) is 1. The number of nitrogens with one attached hydrogen (secondary N) is 1. The van der Waals surface area contributed by atoms with Gasteiger partial charge >= 0.3 is 0 Å². The van der Waals surface area contributed by atoms with Gasteiger partial charge in [0.05, 0.1) is 18.8 Å². The molecule has 1 aromatic heterocycles. The predicted molar refractivity (Wildman–Crippen MR) is 65.3 cm³/mol. The summed E-state index contributed by atoms with van der Waals surface area (Å²) in [7, 11) is 0. The third-order valence-corrected chi connectivity index (χ3v) is 2.80. The number of anilines is 1. The largest absolute Gasteiger partial charge is 0.478 e. The molecule has 1 aliphatic heterocycles. The molecule has 5 heteroatoms. The predicted octanol–water partition coefficient (Wildman–Crippen LogP) is 1.85. The molecule has 2 rings (SSSR count). The Morgan fingerprint density at radius 3 is 3.24 bits per heavy atom. The van der Waals surface area contributed by atoms with Crippen molar-refractivity contribution >= 4 is 5.95 Å².